The minimum Gasteiger partial charge on any atom is -0.370 e. The molecule has 122 valence electrons. The highest BCUT2D eigenvalue weighted by Gasteiger charge is 2.22. The Balaban J connectivity index is 2.08. The van der Waals surface area contributed by atoms with Gasteiger partial charge < -0.3 is 4.90 Å². The van der Waals surface area contributed by atoms with Gasteiger partial charge in [0, 0.05) is 18.5 Å². The number of isothiocyanates is 1. The van der Waals surface area contributed by atoms with Crippen LogP contribution in [0, 0.1) is 5.92 Å². The molecule has 0 aliphatic carbocycles. The number of hydrogen-bond acceptors (Lipinski definition) is 5. The summed E-state index contributed by atoms with van der Waals surface area (Å²) in [4.78, 5) is 11.6. The van der Waals surface area contributed by atoms with E-state index in [1.807, 2.05) is 0 Å². The Bertz CT molecular complexity index is 758. The van der Waals surface area contributed by atoms with Crippen molar-refractivity contribution in [3.8, 4) is 0 Å². The third kappa shape index (κ3) is 3.47. The van der Waals surface area contributed by atoms with Crippen LogP contribution in [0.5, 0.6) is 0 Å². The number of anilines is 1. The Morgan fingerprint density at radius 3 is 2.61 bits per heavy atom. The highest BCUT2D eigenvalue weighted by atomic mass is 32.1. The van der Waals surface area contributed by atoms with Gasteiger partial charge in [0.1, 0.15) is 0 Å². The molecule has 0 unspecified atom stereocenters. The highest BCUT2D eigenvalue weighted by molar-refractivity contribution is 7.78. The molecule has 0 N–H and O–H groups in total. The van der Waals surface area contributed by atoms with E-state index in [-0.39, 0.29) is 5.41 Å². The molecular weight excluding hydrogens is 322 g/mol. The van der Waals surface area contributed by atoms with Crippen LogP contribution in [-0.2, 0) is 5.41 Å². The SMILES string of the molecule is CC1CCN(c2cc3nc(C(C)(C)C)sc3cc2N=C=S)CC1. The van der Waals surface area contributed by atoms with Crippen LogP contribution < -0.4 is 4.90 Å². The Morgan fingerprint density at radius 2 is 2.00 bits per heavy atom. The molecule has 0 saturated carbocycles. The molecule has 1 saturated heterocycles. The summed E-state index contributed by atoms with van der Waals surface area (Å²) < 4.78 is 1.17. The fraction of sp³-hybridized carbons (Fsp3) is 0.556. The third-order valence-electron chi connectivity index (χ3n) is 4.42. The Kier molecular flexibility index (Phi) is 4.54. The normalized spacial score (nSPS) is 16.6. The second kappa shape index (κ2) is 6.31. The number of benzene rings is 1. The van der Waals surface area contributed by atoms with Crippen molar-refractivity contribution in [1.82, 2.24) is 4.98 Å². The molecule has 5 heteroatoms. The molecule has 23 heavy (non-hydrogen) atoms. The summed E-state index contributed by atoms with van der Waals surface area (Å²) in [6.07, 6.45) is 2.45. The first kappa shape index (κ1) is 16.6. The Labute approximate surface area is 147 Å². The summed E-state index contributed by atoms with van der Waals surface area (Å²) in [6, 6.07) is 4.30. The number of aromatic nitrogens is 1. The van der Waals surface area contributed by atoms with Gasteiger partial charge in [0.05, 0.1) is 31.8 Å². The van der Waals surface area contributed by atoms with Crippen molar-refractivity contribution < 1.29 is 0 Å². The molecule has 0 radical (unpaired) electrons. The van der Waals surface area contributed by atoms with E-state index in [9.17, 15) is 0 Å². The summed E-state index contributed by atoms with van der Waals surface area (Å²) in [6.45, 7) is 11.1. The summed E-state index contributed by atoms with van der Waals surface area (Å²) in [5.74, 6) is 0.805. The van der Waals surface area contributed by atoms with E-state index in [0.717, 1.165) is 40.9 Å². The predicted octanol–water partition coefficient (Wildman–Crippen LogP) is 5.56. The fourth-order valence-electron chi connectivity index (χ4n) is 2.91. The smallest absolute Gasteiger partial charge is 0.0992 e. The molecule has 1 aliphatic rings. The van der Waals surface area contributed by atoms with Gasteiger partial charge in [-0.15, -0.1) is 11.3 Å². The average molecular weight is 346 g/mol. The molecule has 3 nitrogen and oxygen atoms in total. The Hall–Kier alpha value is -1.29. The highest BCUT2D eigenvalue weighted by Crippen LogP contribution is 2.39. The van der Waals surface area contributed by atoms with E-state index >= 15 is 0 Å². The van der Waals surface area contributed by atoms with Gasteiger partial charge >= 0.3 is 0 Å². The zero-order valence-electron chi connectivity index (χ0n) is 14.2. The molecule has 1 fully saturated rings. The predicted molar refractivity (Wildman–Crippen MR) is 104 cm³/mol. The third-order valence-corrected chi connectivity index (χ3v) is 5.95. The number of fused-ring (bicyclic) bond motifs is 1. The molecule has 0 atom stereocenters. The largest absolute Gasteiger partial charge is 0.370 e. The summed E-state index contributed by atoms with van der Waals surface area (Å²) in [5, 5.41) is 3.70. The van der Waals surface area contributed by atoms with Crippen LogP contribution in [0.3, 0.4) is 0 Å². The molecule has 1 aromatic carbocycles. The van der Waals surface area contributed by atoms with E-state index in [0.29, 0.717) is 0 Å². The number of rotatable bonds is 2. The van der Waals surface area contributed by atoms with Crippen molar-refractivity contribution in [3.63, 3.8) is 0 Å². The monoisotopic (exact) mass is 345 g/mol. The lowest BCUT2D eigenvalue weighted by Crippen LogP contribution is -2.32. The standard InChI is InChI=1S/C18H23N3S2/c1-12-5-7-21(8-6-12)15-9-14-16(10-13(15)19-11-22)23-17(20-14)18(2,3)4/h9-10,12H,5-8H2,1-4H3. The number of hydrogen-bond donors (Lipinski definition) is 0. The van der Waals surface area contributed by atoms with Gasteiger partial charge in [-0.05, 0) is 43.1 Å². The van der Waals surface area contributed by atoms with Crippen LogP contribution in [0.4, 0.5) is 11.4 Å². The minimum absolute atomic E-state index is 0.0674. The van der Waals surface area contributed by atoms with Crippen molar-refractivity contribution in [2.75, 3.05) is 18.0 Å². The topological polar surface area (TPSA) is 28.5 Å². The van der Waals surface area contributed by atoms with Crippen LogP contribution in [0.15, 0.2) is 17.1 Å². The second-order valence-electron chi connectivity index (χ2n) is 7.45. The first-order chi connectivity index (χ1) is 10.9. The molecular formula is C18H23N3S2. The van der Waals surface area contributed by atoms with Crippen molar-refractivity contribution in [2.24, 2.45) is 10.9 Å². The van der Waals surface area contributed by atoms with E-state index in [2.05, 4.69) is 54.9 Å². The number of thiocarbonyl (C=S) groups is 1. The maximum Gasteiger partial charge on any atom is 0.0992 e. The van der Waals surface area contributed by atoms with Gasteiger partial charge in [-0.25, -0.2) is 4.98 Å². The molecule has 2 heterocycles. The maximum atomic E-state index is 4.86. The maximum absolute atomic E-state index is 4.86. The zero-order valence-corrected chi connectivity index (χ0v) is 15.9. The van der Waals surface area contributed by atoms with Crippen LogP contribution in [-0.4, -0.2) is 23.2 Å². The van der Waals surface area contributed by atoms with Crippen LogP contribution in [0.25, 0.3) is 10.2 Å². The Morgan fingerprint density at radius 1 is 1.30 bits per heavy atom. The lowest BCUT2D eigenvalue weighted by Gasteiger charge is -2.32. The lowest BCUT2D eigenvalue weighted by molar-refractivity contribution is 0.438. The molecule has 0 amide bonds. The summed E-state index contributed by atoms with van der Waals surface area (Å²) >= 11 is 6.60. The van der Waals surface area contributed by atoms with Crippen LogP contribution in [0.2, 0.25) is 0 Å². The van der Waals surface area contributed by atoms with Gasteiger partial charge in [-0.3, -0.25) is 0 Å². The van der Waals surface area contributed by atoms with Gasteiger partial charge in [-0.1, -0.05) is 27.7 Å². The van der Waals surface area contributed by atoms with Crippen LogP contribution in [0.1, 0.15) is 45.5 Å². The number of thiazole rings is 1. The second-order valence-corrected chi connectivity index (χ2v) is 8.66. The van der Waals surface area contributed by atoms with E-state index in [1.165, 1.54) is 17.5 Å². The van der Waals surface area contributed by atoms with Crippen molar-refractivity contribution in [2.45, 2.75) is 46.0 Å². The van der Waals surface area contributed by atoms with Crippen molar-refractivity contribution >= 4 is 50.3 Å². The molecule has 0 spiro atoms. The van der Waals surface area contributed by atoms with Crippen LogP contribution >= 0.6 is 23.6 Å². The summed E-state index contributed by atoms with van der Waals surface area (Å²) in [7, 11) is 0. The molecule has 1 aromatic heterocycles. The quantitative estimate of drug-likeness (QED) is 0.526. The van der Waals surface area contributed by atoms with E-state index < -0.39 is 0 Å². The molecule has 3 rings (SSSR count). The lowest BCUT2D eigenvalue weighted by atomic mass is 9.98. The zero-order chi connectivity index (χ0) is 16.6. The summed E-state index contributed by atoms with van der Waals surface area (Å²) in [5.41, 5.74) is 3.20. The fourth-order valence-corrected chi connectivity index (χ4v) is 4.05. The first-order valence-corrected chi connectivity index (χ1v) is 9.39. The number of aliphatic imine (C=N–C) groups is 1. The van der Waals surface area contributed by atoms with Crippen molar-refractivity contribution in [3.05, 3.63) is 17.1 Å². The number of piperidine rings is 1. The minimum atomic E-state index is 0.0674. The molecule has 2 aromatic rings. The van der Waals surface area contributed by atoms with E-state index in [4.69, 9.17) is 17.2 Å². The van der Waals surface area contributed by atoms with Gasteiger partial charge in [0.25, 0.3) is 0 Å². The molecule has 1 aliphatic heterocycles. The van der Waals surface area contributed by atoms with Gasteiger partial charge in [0.2, 0.25) is 0 Å². The first-order valence-electron chi connectivity index (χ1n) is 8.16. The molecule has 0 bridgehead atoms. The van der Waals surface area contributed by atoms with E-state index in [1.54, 1.807) is 11.3 Å². The number of nitrogens with zero attached hydrogens (tertiary/aromatic N) is 3. The van der Waals surface area contributed by atoms with Gasteiger partial charge in [-0.2, -0.15) is 4.99 Å². The van der Waals surface area contributed by atoms with Gasteiger partial charge in [0.15, 0.2) is 0 Å². The van der Waals surface area contributed by atoms with Crippen molar-refractivity contribution in [1.29, 1.82) is 0 Å². The average Bonchev–Trinajstić information content (AvgIpc) is 2.91.